The van der Waals surface area contributed by atoms with Crippen LogP contribution in [0, 0.1) is 20.8 Å². The number of amides is 1. The van der Waals surface area contributed by atoms with Gasteiger partial charge in [-0.25, -0.2) is 14.6 Å². The minimum Gasteiger partial charge on any atom is -0.335 e. The van der Waals surface area contributed by atoms with Gasteiger partial charge >= 0.3 is 0 Å². The van der Waals surface area contributed by atoms with Crippen LogP contribution in [-0.2, 0) is 0 Å². The smallest absolute Gasteiger partial charge is 0.273 e. The van der Waals surface area contributed by atoms with E-state index in [1.54, 1.807) is 0 Å². The lowest BCUT2D eigenvalue weighted by Gasteiger charge is -2.32. The van der Waals surface area contributed by atoms with Gasteiger partial charge < -0.3 is 4.90 Å². The summed E-state index contributed by atoms with van der Waals surface area (Å²) < 4.78 is 1.96. The van der Waals surface area contributed by atoms with Crippen molar-refractivity contribution in [3.63, 3.8) is 0 Å². The standard InChI is InChI=1S/C14H19N5OS/c1-9-15-10(2)19(17-9)12-5-4-6-18(7-12)14(20)13-8-21-11(3)16-13/h8,12H,4-7H2,1-3H3. The summed E-state index contributed by atoms with van der Waals surface area (Å²) in [4.78, 5) is 23.0. The van der Waals surface area contributed by atoms with Crippen LogP contribution in [0.4, 0.5) is 0 Å². The van der Waals surface area contributed by atoms with Crippen LogP contribution in [-0.4, -0.2) is 43.6 Å². The molecule has 0 spiro atoms. The summed E-state index contributed by atoms with van der Waals surface area (Å²) in [6.07, 6.45) is 2.02. The van der Waals surface area contributed by atoms with Crippen molar-refractivity contribution in [1.29, 1.82) is 0 Å². The molecule has 0 bridgehead atoms. The highest BCUT2D eigenvalue weighted by molar-refractivity contribution is 7.09. The molecule has 3 heterocycles. The molecule has 1 aliphatic rings. The molecule has 0 radical (unpaired) electrons. The van der Waals surface area contributed by atoms with Crippen LogP contribution in [0.25, 0.3) is 0 Å². The first-order valence-electron chi connectivity index (χ1n) is 7.16. The Hall–Kier alpha value is -1.76. The van der Waals surface area contributed by atoms with Gasteiger partial charge in [0, 0.05) is 18.5 Å². The van der Waals surface area contributed by atoms with E-state index < -0.39 is 0 Å². The van der Waals surface area contributed by atoms with E-state index in [4.69, 9.17) is 0 Å². The fourth-order valence-electron chi connectivity index (χ4n) is 2.84. The van der Waals surface area contributed by atoms with Crippen molar-refractivity contribution >= 4 is 17.2 Å². The lowest BCUT2D eigenvalue weighted by Crippen LogP contribution is -2.41. The fraction of sp³-hybridized carbons (Fsp3) is 0.571. The van der Waals surface area contributed by atoms with E-state index in [1.807, 2.05) is 35.7 Å². The molecule has 1 aliphatic heterocycles. The fourth-order valence-corrected chi connectivity index (χ4v) is 3.43. The van der Waals surface area contributed by atoms with Crippen LogP contribution in [0.3, 0.4) is 0 Å². The Balaban J connectivity index is 1.77. The molecule has 1 fully saturated rings. The van der Waals surface area contributed by atoms with Crippen molar-refractivity contribution in [2.24, 2.45) is 0 Å². The van der Waals surface area contributed by atoms with E-state index in [2.05, 4.69) is 15.1 Å². The molecular formula is C14H19N5OS. The second-order valence-corrected chi connectivity index (χ2v) is 6.51. The van der Waals surface area contributed by atoms with Crippen LogP contribution in [0.1, 0.15) is 46.0 Å². The molecule has 1 atom stereocenters. The summed E-state index contributed by atoms with van der Waals surface area (Å²) in [6, 6.07) is 0.212. The number of aryl methyl sites for hydroxylation is 3. The Morgan fingerprint density at radius 3 is 2.76 bits per heavy atom. The van der Waals surface area contributed by atoms with E-state index in [0.29, 0.717) is 12.2 Å². The molecule has 2 aromatic heterocycles. The maximum atomic E-state index is 12.5. The van der Waals surface area contributed by atoms with Crippen molar-refractivity contribution in [2.45, 2.75) is 39.7 Å². The van der Waals surface area contributed by atoms with Crippen molar-refractivity contribution in [3.8, 4) is 0 Å². The van der Waals surface area contributed by atoms with Gasteiger partial charge in [0.15, 0.2) is 0 Å². The first-order chi connectivity index (χ1) is 10.0. The number of aromatic nitrogens is 4. The average molecular weight is 305 g/mol. The Morgan fingerprint density at radius 2 is 2.14 bits per heavy atom. The van der Waals surface area contributed by atoms with Crippen LogP contribution in [0.15, 0.2) is 5.38 Å². The maximum absolute atomic E-state index is 12.5. The second kappa shape index (κ2) is 5.55. The largest absolute Gasteiger partial charge is 0.335 e. The summed E-state index contributed by atoms with van der Waals surface area (Å²) in [5, 5.41) is 7.22. The molecule has 3 rings (SSSR count). The van der Waals surface area contributed by atoms with Crippen LogP contribution < -0.4 is 0 Å². The van der Waals surface area contributed by atoms with Crippen molar-refractivity contribution in [3.05, 3.63) is 27.7 Å². The first-order valence-corrected chi connectivity index (χ1v) is 8.03. The summed E-state index contributed by atoms with van der Waals surface area (Å²) in [5.41, 5.74) is 0.560. The number of carbonyl (C=O) groups is 1. The number of hydrogen-bond donors (Lipinski definition) is 0. The Kier molecular flexibility index (Phi) is 3.75. The van der Waals surface area contributed by atoms with Crippen molar-refractivity contribution in [2.75, 3.05) is 13.1 Å². The zero-order chi connectivity index (χ0) is 15.0. The lowest BCUT2D eigenvalue weighted by atomic mass is 10.1. The van der Waals surface area contributed by atoms with Gasteiger partial charge in [-0.3, -0.25) is 4.79 Å². The monoisotopic (exact) mass is 305 g/mol. The summed E-state index contributed by atoms with van der Waals surface area (Å²) in [5.74, 6) is 1.72. The summed E-state index contributed by atoms with van der Waals surface area (Å²) >= 11 is 1.51. The molecule has 1 saturated heterocycles. The third-order valence-corrected chi connectivity index (χ3v) is 4.55. The van der Waals surface area contributed by atoms with Crippen molar-refractivity contribution in [1.82, 2.24) is 24.6 Å². The second-order valence-electron chi connectivity index (χ2n) is 5.45. The number of hydrogen-bond acceptors (Lipinski definition) is 5. The highest BCUT2D eigenvalue weighted by atomic mass is 32.1. The van der Waals surface area contributed by atoms with Crippen LogP contribution in [0.5, 0.6) is 0 Å². The molecule has 0 N–H and O–H groups in total. The molecule has 112 valence electrons. The van der Waals surface area contributed by atoms with Gasteiger partial charge in [-0.1, -0.05) is 0 Å². The molecule has 1 amide bonds. The van der Waals surface area contributed by atoms with Gasteiger partial charge in [-0.2, -0.15) is 5.10 Å². The minimum atomic E-state index is 0.0264. The lowest BCUT2D eigenvalue weighted by molar-refractivity contribution is 0.0666. The SMILES string of the molecule is Cc1nc(C)n(C2CCCN(C(=O)c3csc(C)n3)C2)n1. The number of nitrogens with zero attached hydrogens (tertiary/aromatic N) is 5. The number of likely N-dealkylation sites (tertiary alicyclic amines) is 1. The molecule has 6 nitrogen and oxygen atoms in total. The van der Waals surface area contributed by atoms with Crippen molar-refractivity contribution < 1.29 is 4.79 Å². The summed E-state index contributed by atoms with van der Waals surface area (Å²) in [6.45, 7) is 7.25. The van der Waals surface area contributed by atoms with Crippen LogP contribution in [0.2, 0.25) is 0 Å². The Morgan fingerprint density at radius 1 is 1.33 bits per heavy atom. The zero-order valence-corrected chi connectivity index (χ0v) is 13.4. The highest BCUT2D eigenvalue weighted by Crippen LogP contribution is 2.23. The predicted molar refractivity (Wildman–Crippen MR) is 80.5 cm³/mol. The molecule has 7 heteroatoms. The molecule has 0 aromatic carbocycles. The normalized spacial score (nSPS) is 19.0. The van der Waals surface area contributed by atoms with Gasteiger partial charge in [-0.05, 0) is 33.6 Å². The third-order valence-electron chi connectivity index (χ3n) is 3.78. The van der Waals surface area contributed by atoms with Gasteiger partial charge in [0.25, 0.3) is 5.91 Å². The number of thiazole rings is 1. The van der Waals surface area contributed by atoms with E-state index in [0.717, 1.165) is 36.0 Å². The van der Waals surface area contributed by atoms with E-state index in [9.17, 15) is 4.79 Å². The molecule has 0 aliphatic carbocycles. The van der Waals surface area contributed by atoms with Gasteiger partial charge in [-0.15, -0.1) is 11.3 Å². The number of rotatable bonds is 2. The molecule has 0 saturated carbocycles. The molecule has 1 unspecified atom stereocenters. The molecule has 2 aromatic rings. The van der Waals surface area contributed by atoms with Crippen LogP contribution >= 0.6 is 11.3 Å². The number of piperidine rings is 1. The first kappa shape index (κ1) is 14.2. The topological polar surface area (TPSA) is 63.9 Å². The Bertz CT molecular complexity index is 662. The van der Waals surface area contributed by atoms with E-state index in [1.165, 1.54) is 11.3 Å². The van der Waals surface area contributed by atoms with Gasteiger partial charge in [0.05, 0.1) is 11.0 Å². The zero-order valence-electron chi connectivity index (χ0n) is 12.5. The number of carbonyl (C=O) groups excluding carboxylic acids is 1. The van der Waals surface area contributed by atoms with E-state index in [-0.39, 0.29) is 11.9 Å². The van der Waals surface area contributed by atoms with E-state index >= 15 is 0 Å². The maximum Gasteiger partial charge on any atom is 0.273 e. The average Bonchev–Trinajstić information content (AvgIpc) is 3.04. The molecule has 21 heavy (non-hydrogen) atoms. The summed E-state index contributed by atoms with van der Waals surface area (Å²) in [7, 11) is 0. The van der Waals surface area contributed by atoms with Gasteiger partial charge in [0.2, 0.25) is 0 Å². The van der Waals surface area contributed by atoms with Gasteiger partial charge in [0.1, 0.15) is 17.3 Å². The highest BCUT2D eigenvalue weighted by Gasteiger charge is 2.28. The minimum absolute atomic E-state index is 0.0264. The Labute approximate surface area is 127 Å². The quantitative estimate of drug-likeness (QED) is 0.852. The molecular weight excluding hydrogens is 286 g/mol. The predicted octanol–water partition coefficient (Wildman–Crippen LogP) is 2.14. The third kappa shape index (κ3) is 2.83.